The predicted molar refractivity (Wildman–Crippen MR) is 77.5 cm³/mol. The fourth-order valence-corrected chi connectivity index (χ4v) is 2.65. The van der Waals surface area contributed by atoms with E-state index in [1.165, 1.54) is 36.0 Å². The molecule has 0 bridgehead atoms. The van der Waals surface area contributed by atoms with Gasteiger partial charge in [-0.15, -0.1) is 0 Å². The van der Waals surface area contributed by atoms with Gasteiger partial charge in [0, 0.05) is 0 Å². The van der Waals surface area contributed by atoms with Crippen molar-refractivity contribution in [3.63, 3.8) is 0 Å². The zero-order chi connectivity index (χ0) is 12.4. The minimum Gasteiger partial charge on any atom is -0.0622 e. The summed E-state index contributed by atoms with van der Waals surface area (Å²) in [5, 5.41) is 0. The molecule has 0 amide bonds. The first-order valence-electron chi connectivity index (χ1n) is 6.97. The molecule has 0 spiro atoms. The summed E-state index contributed by atoms with van der Waals surface area (Å²) in [6.45, 7) is 2.36. The Bertz CT molecular complexity index is 495. The normalized spacial score (nSPS) is 21.8. The van der Waals surface area contributed by atoms with Crippen LogP contribution in [-0.4, -0.2) is 0 Å². The van der Waals surface area contributed by atoms with E-state index >= 15 is 0 Å². The van der Waals surface area contributed by atoms with Crippen molar-refractivity contribution in [3.05, 3.63) is 60.2 Å². The van der Waals surface area contributed by atoms with Crippen LogP contribution in [0.25, 0.3) is 11.1 Å². The molecule has 2 aromatic carbocycles. The van der Waals surface area contributed by atoms with Gasteiger partial charge in [0.05, 0.1) is 0 Å². The number of rotatable bonds is 4. The van der Waals surface area contributed by atoms with Crippen LogP contribution in [-0.2, 0) is 6.42 Å². The lowest BCUT2D eigenvalue weighted by atomic mass is 10.0. The zero-order valence-electron chi connectivity index (χ0n) is 11.0. The van der Waals surface area contributed by atoms with Gasteiger partial charge in [0.2, 0.25) is 0 Å². The fourth-order valence-electron chi connectivity index (χ4n) is 2.65. The van der Waals surface area contributed by atoms with E-state index < -0.39 is 0 Å². The Morgan fingerprint density at radius 2 is 1.50 bits per heavy atom. The van der Waals surface area contributed by atoms with E-state index in [9.17, 15) is 0 Å². The summed E-state index contributed by atoms with van der Waals surface area (Å²) in [5.41, 5.74) is 4.10. The lowest BCUT2D eigenvalue weighted by molar-refractivity contribution is 0.673. The number of hydrogen-bond acceptors (Lipinski definition) is 0. The third kappa shape index (κ3) is 2.64. The molecule has 0 aromatic heterocycles. The minimum atomic E-state index is 0.980. The second-order valence-electron chi connectivity index (χ2n) is 5.57. The van der Waals surface area contributed by atoms with Gasteiger partial charge in [-0.2, -0.15) is 0 Å². The van der Waals surface area contributed by atoms with Crippen LogP contribution in [0.1, 0.15) is 25.3 Å². The van der Waals surface area contributed by atoms with Crippen LogP contribution in [0.4, 0.5) is 0 Å². The van der Waals surface area contributed by atoms with Gasteiger partial charge in [0.25, 0.3) is 0 Å². The second kappa shape index (κ2) is 4.97. The first kappa shape index (κ1) is 11.5. The molecule has 1 aliphatic carbocycles. The molecule has 0 nitrogen and oxygen atoms in total. The standard InChI is InChI=1S/C18H20/c1-14-13-18(14)12-9-15-7-10-17(11-8-15)16-5-3-2-4-6-16/h2-8,10-11,14,18H,9,12-13H2,1H3/t14-,18-/m0/s1. The molecular weight excluding hydrogens is 216 g/mol. The van der Waals surface area contributed by atoms with Crippen molar-refractivity contribution in [1.29, 1.82) is 0 Å². The Kier molecular flexibility index (Phi) is 3.19. The molecule has 0 N–H and O–H groups in total. The van der Waals surface area contributed by atoms with Crippen LogP contribution in [0.5, 0.6) is 0 Å². The maximum absolute atomic E-state index is 2.36. The van der Waals surface area contributed by atoms with Gasteiger partial charge in [0.15, 0.2) is 0 Å². The fraction of sp³-hybridized carbons (Fsp3) is 0.333. The molecular formula is C18H20. The second-order valence-corrected chi connectivity index (χ2v) is 5.57. The summed E-state index contributed by atoms with van der Waals surface area (Å²) in [5.74, 6) is 1.98. The van der Waals surface area contributed by atoms with E-state index in [0.29, 0.717) is 0 Å². The molecule has 0 heteroatoms. The molecule has 0 saturated heterocycles. The molecule has 3 rings (SSSR count). The van der Waals surface area contributed by atoms with Crippen LogP contribution >= 0.6 is 0 Å². The molecule has 0 aliphatic heterocycles. The third-order valence-electron chi connectivity index (χ3n) is 4.14. The SMILES string of the molecule is C[C@H]1C[C@@H]1CCc1ccc(-c2ccccc2)cc1. The summed E-state index contributed by atoms with van der Waals surface area (Å²) < 4.78 is 0. The molecule has 1 fully saturated rings. The summed E-state index contributed by atoms with van der Waals surface area (Å²) in [6, 6.07) is 19.7. The molecule has 0 unspecified atom stereocenters. The monoisotopic (exact) mass is 236 g/mol. The number of aryl methyl sites for hydroxylation is 1. The summed E-state index contributed by atoms with van der Waals surface area (Å²) >= 11 is 0. The van der Waals surface area contributed by atoms with Gasteiger partial charge < -0.3 is 0 Å². The number of hydrogen-bond donors (Lipinski definition) is 0. The van der Waals surface area contributed by atoms with E-state index in [-0.39, 0.29) is 0 Å². The highest BCUT2D eigenvalue weighted by molar-refractivity contribution is 5.63. The van der Waals surface area contributed by atoms with E-state index in [2.05, 4.69) is 61.5 Å². The molecule has 2 atom stereocenters. The quantitative estimate of drug-likeness (QED) is 0.705. The lowest BCUT2D eigenvalue weighted by Gasteiger charge is -2.04. The van der Waals surface area contributed by atoms with Crippen LogP contribution in [0.15, 0.2) is 54.6 Å². The minimum absolute atomic E-state index is 0.980. The van der Waals surface area contributed by atoms with E-state index in [1.54, 1.807) is 0 Å². The summed E-state index contributed by atoms with van der Waals surface area (Å²) in [7, 11) is 0. The van der Waals surface area contributed by atoms with Crippen LogP contribution < -0.4 is 0 Å². The van der Waals surface area contributed by atoms with Gasteiger partial charge in [-0.05, 0) is 47.8 Å². The molecule has 1 saturated carbocycles. The largest absolute Gasteiger partial charge is 0.0622 e. The summed E-state index contributed by atoms with van der Waals surface area (Å²) in [6.07, 6.45) is 4.05. The van der Waals surface area contributed by atoms with Gasteiger partial charge in [-0.3, -0.25) is 0 Å². The van der Waals surface area contributed by atoms with Crippen LogP contribution in [0.2, 0.25) is 0 Å². The van der Waals surface area contributed by atoms with Crippen molar-refractivity contribution >= 4 is 0 Å². The Morgan fingerprint density at radius 3 is 2.11 bits per heavy atom. The Morgan fingerprint density at radius 1 is 0.889 bits per heavy atom. The first-order valence-corrected chi connectivity index (χ1v) is 6.97. The Labute approximate surface area is 110 Å². The molecule has 1 aliphatic rings. The van der Waals surface area contributed by atoms with Gasteiger partial charge in [0.1, 0.15) is 0 Å². The smallest absolute Gasteiger partial charge is 0.0184 e. The Balaban J connectivity index is 1.65. The Hall–Kier alpha value is -1.56. The van der Waals surface area contributed by atoms with E-state index in [0.717, 1.165) is 11.8 Å². The van der Waals surface area contributed by atoms with Gasteiger partial charge in [-0.1, -0.05) is 61.5 Å². The molecule has 2 aromatic rings. The van der Waals surface area contributed by atoms with Gasteiger partial charge >= 0.3 is 0 Å². The van der Waals surface area contributed by atoms with Crippen molar-refractivity contribution in [1.82, 2.24) is 0 Å². The maximum Gasteiger partial charge on any atom is -0.0184 e. The third-order valence-corrected chi connectivity index (χ3v) is 4.14. The van der Waals surface area contributed by atoms with Gasteiger partial charge in [-0.25, -0.2) is 0 Å². The predicted octanol–water partition coefficient (Wildman–Crippen LogP) is 4.94. The highest BCUT2D eigenvalue weighted by Crippen LogP contribution is 2.41. The van der Waals surface area contributed by atoms with Crippen molar-refractivity contribution in [3.8, 4) is 11.1 Å². The molecule has 0 heterocycles. The van der Waals surface area contributed by atoms with Crippen molar-refractivity contribution in [2.24, 2.45) is 11.8 Å². The molecule has 0 radical (unpaired) electrons. The van der Waals surface area contributed by atoms with Crippen LogP contribution in [0, 0.1) is 11.8 Å². The maximum atomic E-state index is 2.36. The topological polar surface area (TPSA) is 0 Å². The highest BCUT2D eigenvalue weighted by Gasteiger charge is 2.31. The first-order chi connectivity index (χ1) is 8.83. The van der Waals surface area contributed by atoms with Crippen LogP contribution in [0.3, 0.4) is 0 Å². The average molecular weight is 236 g/mol. The summed E-state index contributed by atoms with van der Waals surface area (Å²) in [4.78, 5) is 0. The van der Waals surface area contributed by atoms with Crippen molar-refractivity contribution in [2.45, 2.75) is 26.2 Å². The van der Waals surface area contributed by atoms with E-state index in [1.807, 2.05) is 0 Å². The van der Waals surface area contributed by atoms with Crippen molar-refractivity contribution in [2.75, 3.05) is 0 Å². The van der Waals surface area contributed by atoms with E-state index in [4.69, 9.17) is 0 Å². The lowest BCUT2D eigenvalue weighted by Crippen LogP contribution is -1.88. The molecule has 92 valence electrons. The highest BCUT2D eigenvalue weighted by atomic mass is 14.4. The molecule has 18 heavy (non-hydrogen) atoms. The van der Waals surface area contributed by atoms with Crippen molar-refractivity contribution < 1.29 is 0 Å². The zero-order valence-corrected chi connectivity index (χ0v) is 11.0. The number of benzene rings is 2. The average Bonchev–Trinajstić information content (AvgIpc) is 3.14.